The summed E-state index contributed by atoms with van der Waals surface area (Å²) in [5.74, 6) is 0.764. The molecule has 18 heavy (non-hydrogen) atoms. The van der Waals surface area contributed by atoms with E-state index in [1.54, 1.807) is 6.07 Å². The van der Waals surface area contributed by atoms with Crippen LogP contribution in [-0.4, -0.2) is 16.5 Å². The number of nitrogens with one attached hydrogen (secondary N) is 1. The fourth-order valence-corrected chi connectivity index (χ4v) is 2.45. The highest BCUT2D eigenvalue weighted by atomic mass is 16.6. The Kier molecular flexibility index (Phi) is 3.50. The van der Waals surface area contributed by atoms with Gasteiger partial charge in [0.2, 0.25) is 0 Å². The molecule has 1 aliphatic carbocycles. The highest BCUT2D eigenvalue weighted by Crippen LogP contribution is 2.43. The standard InChI is InChI=1S/C13H19N3O2/c1-3-13(5-4-6-13)9-15-12-10(2)7-11(8-14-12)16(17)18/h7-8H,3-6,9H2,1-2H3,(H,14,15). The zero-order valence-electron chi connectivity index (χ0n) is 10.9. The van der Waals surface area contributed by atoms with Crippen molar-refractivity contribution in [2.45, 2.75) is 39.5 Å². The second kappa shape index (κ2) is 4.92. The Morgan fingerprint density at radius 2 is 2.28 bits per heavy atom. The van der Waals surface area contributed by atoms with Crippen molar-refractivity contribution in [1.82, 2.24) is 4.98 Å². The molecule has 0 amide bonds. The molecule has 0 bridgehead atoms. The van der Waals surface area contributed by atoms with Gasteiger partial charge in [-0.2, -0.15) is 0 Å². The van der Waals surface area contributed by atoms with Gasteiger partial charge < -0.3 is 5.32 Å². The molecule has 1 aliphatic rings. The van der Waals surface area contributed by atoms with Gasteiger partial charge in [-0.05, 0) is 37.2 Å². The minimum Gasteiger partial charge on any atom is -0.369 e. The smallest absolute Gasteiger partial charge is 0.287 e. The van der Waals surface area contributed by atoms with Crippen molar-refractivity contribution in [3.63, 3.8) is 0 Å². The molecule has 0 aliphatic heterocycles. The number of hydrogen-bond donors (Lipinski definition) is 1. The van der Waals surface area contributed by atoms with Crippen LogP contribution in [0.4, 0.5) is 11.5 Å². The normalized spacial score (nSPS) is 17.0. The van der Waals surface area contributed by atoms with Crippen molar-refractivity contribution >= 4 is 11.5 Å². The lowest BCUT2D eigenvalue weighted by atomic mass is 9.67. The summed E-state index contributed by atoms with van der Waals surface area (Å²) in [4.78, 5) is 14.4. The Morgan fingerprint density at radius 3 is 2.72 bits per heavy atom. The van der Waals surface area contributed by atoms with Crippen molar-refractivity contribution in [2.75, 3.05) is 11.9 Å². The van der Waals surface area contributed by atoms with E-state index in [2.05, 4.69) is 17.2 Å². The molecule has 0 saturated heterocycles. The molecule has 0 spiro atoms. The maximum Gasteiger partial charge on any atom is 0.287 e. The molecule has 5 nitrogen and oxygen atoms in total. The van der Waals surface area contributed by atoms with Crippen molar-refractivity contribution in [3.05, 3.63) is 27.9 Å². The van der Waals surface area contributed by atoms with Gasteiger partial charge in [0.15, 0.2) is 0 Å². The molecule has 98 valence electrons. The number of nitrogens with zero attached hydrogens (tertiary/aromatic N) is 2. The van der Waals surface area contributed by atoms with E-state index in [4.69, 9.17) is 0 Å². The maximum atomic E-state index is 10.6. The van der Waals surface area contributed by atoms with Crippen molar-refractivity contribution in [1.29, 1.82) is 0 Å². The van der Waals surface area contributed by atoms with E-state index >= 15 is 0 Å². The van der Waals surface area contributed by atoms with Gasteiger partial charge in [0, 0.05) is 12.6 Å². The summed E-state index contributed by atoms with van der Waals surface area (Å²) in [6, 6.07) is 1.56. The van der Waals surface area contributed by atoms with Crippen LogP contribution >= 0.6 is 0 Å². The van der Waals surface area contributed by atoms with Crippen LogP contribution in [0.25, 0.3) is 0 Å². The Balaban J connectivity index is 2.03. The molecule has 1 aromatic rings. The van der Waals surface area contributed by atoms with Gasteiger partial charge in [-0.1, -0.05) is 13.3 Å². The van der Waals surface area contributed by atoms with Crippen LogP contribution < -0.4 is 5.32 Å². The van der Waals surface area contributed by atoms with Gasteiger partial charge in [0.1, 0.15) is 12.0 Å². The monoisotopic (exact) mass is 249 g/mol. The van der Waals surface area contributed by atoms with Gasteiger partial charge in [-0.3, -0.25) is 10.1 Å². The molecule has 5 heteroatoms. The van der Waals surface area contributed by atoms with Gasteiger partial charge in [-0.25, -0.2) is 4.98 Å². The molecule has 1 aromatic heterocycles. The van der Waals surface area contributed by atoms with Crippen LogP contribution in [0.2, 0.25) is 0 Å². The molecule has 1 N–H and O–H groups in total. The van der Waals surface area contributed by atoms with E-state index in [0.717, 1.165) is 17.9 Å². The largest absolute Gasteiger partial charge is 0.369 e. The van der Waals surface area contributed by atoms with Crippen LogP contribution in [0.15, 0.2) is 12.3 Å². The van der Waals surface area contributed by atoms with Gasteiger partial charge in [-0.15, -0.1) is 0 Å². The van der Waals surface area contributed by atoms with Crippen LogP contribution in [0.5, 0.6) is 0 Å². The molecule has 1 fully saturated rings. The molecule has 1 heterocycles. The molecular weight excluding hydrogens is 230 g/mol. The number of aromatic nitrogens is 1. The molecular formula is C13H19N3O2. The number of aryl methyl sites for hydroxylation is 1. The van der Waals surface area contributed by atoms with Crippen LogP contribution in [0.3, 0.4) is 0 Å². The van der Waals surface area contributed by atoms with E-state index in [1.165, 1.54) is 31.9 Å². The Morgan fingerprint density at radius 1 is 1.56 bits per heavy atom. The fraction of sp³-hybridized carbons (Fsp3) is 0.615. The van der Waals surface area contributed by atoms with E-state index in [1.807, 2.05) is 6.92 Å². The van der Waals surface area contributed by atoms with Gasteiger partial charge in [0.05, 0.1) is 4.92 Å². The number of hydrogen-bond acceptors (Lipinski definition) is 4. The topological polar surface area (TPSA) is 68.1 Å². The molecule has 0 aromatic carbocycles. The highest BCUT2D eigenvalue weighted by molar-refractivity contribution is 5.48. The lowest BCUT2D eigenvalue weighted by molar-refractivity contribution is -0.385. The first-order valence-electron chi connectivity index (χ1n) is 6.41. The summed E-state index contributed by atoms with van der Waals surface area (Å²) in [5, 5.41) is 14.0. The first-order valence-corrected chi connectivity index (χ1v) is 6.41. The molecule has 0 unspecified atom stereocenters. The SMILES string of the molecule is CCC1(CNc2ncc([N+](=O)[O-])cc2C)CCC1. The van der Waals surface area contributed by atoms with Gasteiger partial charge in [0.25, 0.3) is 5.69 Å². The average molecular weight is 249 g/mol. The van der Waals surface area contributed by atoms with E-state index in [-0.39, 0.29) is 5.69 Å². The Hall–Kier alpha value is -1.65. The predicted molar refractivity (Wildman–Crippen MR) is 70.7 cm³/mol. The predicted octanol–water partition coefficient (Wildman–Crippen LogP) is 3.29. The number of rotatable bonds is 5. The summed E-state index contributed by atoms with van der Waals surface area (Å²) in [6.45, 7) is 4.98. The first-order chi connectivity index (χ1) is 8.56. The van der Waals surface area contributed by atoms with Crippen LogP contribution in [-0.2, 0) is 0 Å². The minimum atomic E-state index is -0.413. The third-order valence-electron chi connectivity index (χ3n) is 4.07. The van der Waals surface area contributed by atoms with Crippen molar-refractivity contribution in [3.8, 4) is 0 Å². The average Bonchev–Trinajstić information content (AvgIpc) is 2.29. The zero-order chi connectivity index (χ0) is 13.2. The molecule has 1 saturated carbocycles. The van der Waals surface area contributed by atoms with Gasteiger partial charge >= 0.3 is 0 Å². The fourth-order valence-electron chi connectivity index (χ4n) is 2.45. The van der Waals surface area contributed by atoms with Crippen molar-refractivity contribution < 1.29 is 4.92 Å². The summed E-state index contributed by atoms with van der Waals surface area (Å²) in [6.07, 6.45) is 6.33. The summed E-state index contributed by atoms with van der Waals surface area (Å²) < 4.78 is 0. The number of anilines is 1. The number of nitro groups is 1. The first kappa shape index (κ1) is 12.8. The van der Waals surface area contributed by atoms with E-state index in [0.29, 0.717) is 5.41 Å². The van der Waals surface area contributed by atoms with Crippen molar-refractivity contribution in [2.24, 2.45) is 5.41 Å². The maximum absolute atomic E-state index is 10.6. The molecule has 2 rings (SSSR count). The molecule has 0 radical (unpaired) electrons. The summed E-state index contributed by atoms with van der Waals surface area (Å²) in [7, 11) is 0. The minimum absolute atomic E-state index is 0.0481. The third kappa shape index (κ3) is 2.44. The lowest BCUT2D eigenvalue weighted by Crippen LogP contribution is -2.36. The number of pyridine rings is 1. The van der Waals surface area contributed by atoms with Crippen LogP contribution in [0, 0.1) is 22.5 Å². The zero-order valence-corrected chi connectivity index (χ0v) is 10.9. The summed E-state index contributed by atoms with van der Waals surface area (Å²) >= 11 is 0. The van der Waals surface area contributed by atoms with Crippen LogP contribution in [0.1, 0.15) is 38.2 Å². The summed E-state index contributed by atoms with van der Waals surface area (Å²) in [5.41, 5.74) is 1.29. The highest BCUT2D eigenvalue weighted by Gasteiger charge is 2.34. The lowest BCUT2D eigenvalue weighted by Gasteiger charge is -2.41. The second-order valence-electron chi connectivity index (χ2n) is 5.18. The van der Waals surface area contributed by atoms with E-state index in [9.17, 15) is 10.1 Å². The third-order valence-corrected chi connectivity index (χ3v) is 4.07. The quantitative estimate of drug-likeness (QED) is 0.642. The second-order valence-corrected chi connectivity index (χ2v) is 5.18. The molecule has 0 atom stereocenters. The Bertz CT molecular complexity index is 450. The van der Waals surface area contributed by atoms with E-state index < -0.39 is 4.92 Å². The Labute approximate surface area is 107 Å².